The van der Waals surface area contributed by atoms with Gasteiger partial charge in [0.05, 0.1) is 0 Å². The Morgan fingerprint density at radius 1 is 1.28 bits per heavy atom. The van der Waals surface area contributed by atoms with Gasteiger partial charge in [0.1, 0.15) is 5.60 Å². The molecule has 0 aliphatic carbocycles. The van der Waals surface area contributed by atoms with Gasteiger partial charge in [-0.05, 0) is 42.9 Å². The molecule has 1 rings (SSSR count). The molecule has 0 radical (unpaired) electrons. The van der Waals surface area contributed by atoms with Crippen LogP contribution in [0.5, 0.6) is 0 Å². The average molecular weight is 248 g/mol. The van der Waals surface area contributed by atoms with Crippen molar-refractivity contribution in [2.24, 2.45) is 5.41 Å². The molecule has 0 amide bonds. The van der Waals surface area contributed by atoms with E-state index in [1.165, 1.54) is 0 Å². The molecule has 0 fully saturated rings. The summed E-state index contributed by atoms with van der Waals surface area (Å²) in [5.41, 5.74) is 2.43. The maximum Gasteiger partial charge on any atom is 0.126 e. The van der Waals surface area contributed by atoms with Crippen molar-refractivity contribution < 1.29 is 10.1 Å². The normalized spacial score (nSPS) is 15.2. The zero-order valence-corrected chi connectivity index (χ0v) is 12.1. The van der Waals surface area contributed by atoms with Crippen molar-refractivity contribution in [2.75, 3.05) is 0 Å². The Labute approximate surface area is 110 Å². The number of hydrogen-bond acceptors (Lipinski definition) is 2. The Hall–Kier alpha value is -1.12. The average Bonchev–Trinajstić information content (AvgIpc) is 2.27. The summed E-state index contributed by atoms with van der Waals surface area (Å²) in [5, 5.41) is 9.31. The van der Waals surface area contributed by atoms with Crippen LogP contribution in [0.15, 0.2) is 30.8 Å². The maximum atomic E-state index is 9.31. The summed E-state index contributed by atoms with van der Waals surface area (Å²) in [6.45, 7) is 14.2. The number of allylic oxidation sites excluding steroid dienone is 1. The summed E-state index contributed by atoms with van der Waals surface area (Å²) in [6.07, 6.45) is 0.732. The summed E-state index contributed by atoms with van der Waals surface area (Å²) in [5.74, 6) is 0. The molecule has 18 heavy (non-hydrogen) atoms. The first kappa shape index (κ1) is 14.9. The zero-order valence-electron chi connectivity index (χ0n) is 12.1. The first-order valence-corrected chi connectivity index (χ1v) is 6.27. The van der Waals surface area contributed by atoms with Crippen molar-refractivity contribution in [1.29, 1.82) is 0 Å². The molecular formula is C16H24O2. The molecule has 1 aromatic carbocycles. The topological polar surface area (TPSA) is 29.5 Å². The highest BCUT2D eigenvalue weighted by molar-refractivity contribution is 5.62. The molecule has 0 saturated carbocycles. The van der Waals surface area contributed by atoms with Crippen LogP contribution in [0, 0.1) is 5.41 Å². The largest absolute Gasteiger partial charge is 0.251 e. The molecule has 0 spiro atoms. The Balaban J connectivity index is 3.15. The highest BCUT2D eigenvalue weighted by Crippen LogP contribution is 2.37. The Morgan fingerprint density at radius 3 is 2.33 bits per heavy atom. The first-order chi connectivity index (χ1) is 8.18. The van der Waals surface area contributed by atoms with E-state index in [1.54, 1.807) is 0 Å². The minimum absolute atomic E-state index is 0.0662. The van der Waals surface area contributed by atoms with Crippen molar-refractivity contribution in [3.8, 4) is 0 Å². The summed E-state index contributed by atoms with van der Waals surface area (Å²) in [4.78, 5) is 4.80. The predicted octanol–water partition coefficient (Wildman–Crippen LogP) is 4.86. The molecule has 0 bridgehead atoms. The van der Waals surface area contributed by atoms with Gasteiger partial charge >= 0.3 is 0 Å². The van der Waals surface area contributed by atoms with Gasteiger partial charge in [-0.3, -0.25) is 5.26 Å². The van der Waals surface area contributed by atoms with Gasteiger partial charge in [0.2, 0.25) is 0 Å². The quantitative estimate of drug-likeness (QED) is 0.609. The van der Waals surface area contributed by atoms with Crippen LogP contribution in [0.25, 0.3) is 5.57 Å². The van der Waals surface area contributed by atoms with E-state index in [9.17, 15) is 5.26 Å². The minimum atomic E-state index is -0.691. The summed E-state index contributed by atoms with van der Waals surface area (Å²) < 4.78 is 0. The lowest BCUT2D eigenvalue weighted by atomic mass is 9.79. The van der Waals surface area contributed by atoms with Crippen LogP contribution in [0.1, 0.15) is 52.2 Å². The SMILES string of the molecule is C=C(C)c1cccc(C(C)(CC(C)(C)C)OO)c1. The van der Waals surface area contributed by atoms with Crippen molar-refractivity contribution in [2.45, 2.75) is 46.6 Å². The van der Waals surface area contributed by atoms with Gasteiger partial charge in [-0.25, -0.2) is 4.89 Å². The van der Waals surface area contributed by atoms with Crippen molar-refractivity contribution in [3.05, 3.63) is 42.0 Å². The van der Waals surface area contributed by atoms with E-state index in [-0.39, 0.29) is 5.41 Å². The van der Waals surface area contributed by atoms with Crippen LogP contribution >= 0.6 is 0 Å². The maximum absolute atomic E-state index is 9.31. The van der Waals surface area contributed by atoms with E-state index in [2.05, 4.69) is 27.4 Å². The monoisotopic (exact) mass is 248 g/mol. The predicted molar refractivity (Wildman–Crippen MR) is 76.3 cm³/mol. The smallest absolute Gasteiger partial charge is 0.126 e. The minimum Gasteiger partial charge on any atom is -0.251 e. The van der Waals surface area contributed by atoms with Crippen LogP contribution in [-0.2, 0) is 10.5 Å². The third kappa shape index (κ3) is 3.69. The van der Waals surface area contributed by atoms with Crippen LogP contribution in [0.2, 0.25) is 0 Å². The van der Waals surface area contributed by atoms with Crippen molar-refractivity contribution >= 4 is 5.57 Å². The standard InChI is InChI=1S/C16H24O2/c1-12(2)13-8-7-9-14(10-13)16(6,18-17)11-15(3,4)5/h7-10,17H,1,11H2,2-6H3. The zero-order chi connectivity index (χ0) is 14.0. The van der Waals surface area contributed by atoms with Crippen molar-refractivity contribution in [3.63, 3.8) is 0 Å². The van der Waals surface area contributed by atoms with Crippen LogP contribution < -0.4 is 0 Å². The van der Waals surface area contributed by atoms with E-state index in [4.69, 9.17) is 4.89 Å². The van der Waals surface area contributed by atoms with Gasteiger partial charge in [-0.15, -0.1) is 0 Å². The molecule has 0 saturated heterocycles. The van der Waals surface area contributed by atoms with E-state index in [0.717, 1.165) is 23.1 Å². The fraction of sp³-hybridized carbons (Fsp3) is 0.500. The molecular weight excluding hydrogens is 224 g/mol. The van der Waals surface area contributed by atoms with Crippen LogP contribution in [0.4, 0.5) is 0 Å². The molecule has 0 aromatic heterocycles. The molecule has 1 unspecified atom stereocenters. The van der Waals surface area contributed by atoms with E-state index >= 15 is 0 Å². The molecule has 1 atom stereocenters. The Bertz CT molecular complexity index is 429. The summed E-state index contributed by atoms with van der Waals surface area (Å²) >= 11 is 0. The molecule has 2 nitrogen and oxygen atoms in total. The fourth-order valence-corrected chi connectivity index (χ4v) is 2.31. The Morgan fingerprint density at radius 2 is 1.89 bits per heavy atom. The van der Waals surface area contributed by atoms with Gasteiger partial charge in [-0.1, -0.05) is 51.1 Å². The fourth-order valence-electron chi connectivity index (χ4n) is 2.31. The summed E-state index contributed by atoms with van der Waals surface area (Å²) in [7, 11) is 0. The molecule has 2 heteroatoms. The first-order valence-electron chi connectivity index (χ1n) is 6.27. The highest BCUT2D eigenvalue weighted by atomic mass is 17.1. The molecule has 100 valence electrons. The van der Waals surface area contributed by atoms with Gasteiger partial charge < -0.3 is 0 Å². The molecule has 0 aliphatic rings. The van der Waals surface area contributed by atoms with Gasteiger partial charge in [0.15, 0.2) is 0 Å². The number of benzene rings is 1. The lowest BCUT2D eigenvalue weighted by Crippen LogP contribution is -2.30. The van der Waals surface area contributed by atoms with Gasteiger partial charge in [-0.2, -0.15) is 0 Å². The summed E-state index contributed by atoms with van der Waals surface area (Å²) in [6, 6.07) is 8.00. The number of rotatable bonds is 4. The molecule has 0 aliphatic heterocycles. The van der Waals surface area contributed by atoms with E-state index < -0.39 is 5.60 Å². The number of hydrogen-bond donors (Lipinski definition) is 1. The molecule has 0 heterocycles. The third-order valence-electron chi connectivity index (χ3n) is 3.04. The van der Waals surface area contributed by atoms with Crippen molar-refractivity contribution in [1.82, 2.24) is 0 Å². The Kier molecular flexibility index (Phi) is 4.36. The van der Waals surface area contributed by atoms with E-state index in [0.29, 0.717) is 0 Å². The van der Waals surface area contributed by atoms with E-state index in [1.807, 2.05) is 38.1 Å². The molecule has 1 aromatic rings. The van der Waals surface area contributed by atoms with Gasteiger partial charge in [0.25, 0.3) is 0 Å². The second-order valence-corrected chi connectivity index (χ2v) is 6.42. The second-order valence-electron chi connectivity index (χ2n) is 6.42. The third-order valence-corrected chi connectivity index (χ3v) is 3.04. The van der Waals surface area contributed by atoms with Crippen LogP contribution in [-0.4, -0.2) is 5.26 Å². The molecule has 1 N–H and O–H groups in total. The second kappa shape index (κ2) is 5.25. The van der Waals surface area contributed by atoms with Gasteiger partial charge in [0, 0.05) is 0 Å². The lowest BCUT2D eigenvalue weighted by molar-refractivity contribution is -0.330. The highest BCUT2D eigenvalue weighted by Gasteiger charge is 2.33. The van der Waals surface area contributed by atoms with Crippen LogP contribution in [0.3, 0.4) is 0 Å². The lowest BCUT2D eigenvalue weighted by Gasteiger charge is -2.33.